The van der Waals surface area contributed by atoms with Crippen molar-refractivity contribution in [2.24, 2.45) is 10.2 Å². The highest BCUT2D eigenvalue weighted by Crippen LogP contribution is 2.34. The Morgan fingerprint density at radius 1 is 0.643 bits per heavy atom. The Kier molecular flexibility index (Phi) is 10.7. The second-order valence-electron chi connectivity index (χ2n) is 12.2. The molecule has 0 N–H and O–H groups in total. The summed E-state index contributed by atoms with van der Waals surface area (Å²) in [6.07, 6.45) is 3.31. The Morgan fingerprint density at radius 2 is 1.19 bits per heavy atom. The summed E-state index contributed by atoms with van der Waals surface area (Å²) >= 11 is 0. The molecule has 42 heavy (non-hydrogen) atoms. The summed E-state index contributed by atoms with van der Waals surface area (Å²) in [5.74, 6) is 0.789. The Labute approximate surface area is 247 Å². The minimum Gasteiger partial charge on any atom is -0.494 e. The molecule has 3 rings (SSSR count). The molecule has 0 aliphatic rings. The van der Waals surface area contributed by atoms with Crippen molar-refractivity contribution in [3.63, 3.8) is 0 Å². The van der Waals surface area contributed by atoms with Gasteiger partial charge in [-0.1, -0.05) is 47.6 Å². The van der Waals surface area contributed by atoms with Gasteiger partial charge in [-0.3, -0.25) is 20.2 Å². The largest absolute Gasteiger partial charge is 0.494 e. The predicted molar refractivity (Wildman–Crippen MR) is 164 cm³/mol. The topological polar surface area (TPSA) is 129 Å². The Bertz CT molecular complexity index is 1370. The standard InChI is InChI=1S/C32H40N4O6/c1-31(2,3)23-19-24(32(4,5)6)21-26(20-23)34-33-25-11-14-28(15-12-25)41-17-9-7-8-10-18-42-30-16-13-27(35(37)38)22-29(30)36(39)40/h11-16,19-22H,7-10,17-18H2,1-6H3. The highest BCUT2D eigenvalue weighted by molar-refractivity contribution is 5.53. The van der Waals surface area contributed by atoms with Gasteiger partial charge in [0.1, 0.15) is 5.75 Å². The molecule has 3 aromatic rings. The van der Waals surface area contributed by atoms with Gasteiger partial charge in [-0.2, -0.15) is 10.2 Å². The van der Waals surface area contributed by atoms with Crippen LogP contribution in [0.1, 0.15) is 78.4 Å². The van der Waals surface area contributed by atoms with Crippen molar-refractivity contribution in [1.29, 1.82) is 0 Å². The molecular formula is C32H40N4O6. The number of azo groups is 1. The quantitative estimate of drug-likeness (QED) is 0.0862. The van der Waals surface area contributed by atoms with Crippen molar-refractivity contribution in [2.45, 2.75) is 78.1 Å². The van der Waals surface area contributed by atoms with Crippen LogP contribution < -0.4 is 9.47 Å². The molecule has 0 amide bonds. The first kappa shape index (κ1) is 32.2. The number of hydrogen-bond acceptors (Lipinski definition) is 8. The number of non-ortho nitro benzene ring substituents is 1. The van der Waals surface area contributed by atoms with E-state index in [1.54, 1.807) is 0 Å². The van der Waals surface area contributed by atoms with Crippen molar-refractivity contribution < 1.29 is 19.3 Å². The highest BCUT2D eigenvalue weighted by Gasteiger charge is 2.21. The monoisotopic (exact) mass is 576 g/mol. The number of rotatable bonds is 13. The molecule has 224 valence electrons. The summed E-state index contributed by atoms with van der Waals surface area (Å²) in [6, 6.07) is 17.4. The summed E-state index contributed by atoms with van der Waals surface area (Å²) < 4.78 is 11.3. The van der Waals surface area contributed by atoms with Gasteiger partial charge in [-0.05, 0) is 90.1 Å². The van der Waals surface area contributed by atoms with E-state index in [4.69, 9.17) is 9.47 Å². The van der Waals surface area contributed by atoms with Crippen LogP contribution in [0.4, 0.5) is 22.7 Å². The van der Waals surface area contributed by atoms with Gasteiger partial charge in [0, 0.05) is 6.07 Å². The van der Waals surface area contributed by atoms with E-state index in [0.717, 1.165) is 42.5 Å². The van der Waals surface area contributed by atoms with Crippen LogP contribution in [-0.4, -0.2) is 23.1 Å². The van der Waals surface area contributed by atoms with Gasteiger partial charge >= 0.3 is 5.69 Å². The van der Waals surface area contributed by atoms with E-state index in [1.807, 2.05) is 24.3 Å². The zero-order valence-electron chi connectivity index (χ0n) is 25.3. The number of hydrogen-bond donors (Lipinski definition) is 0. The molecule has 0 aliphatic heterocycles. The lowest BCUT2D eigenvalue weighted by molar-refractivity contribution is -0.394. The molecule has 0 aliphatic carbocycles. The zero-order valence-corrected chi connectivity index (χ0v) is 25.3. The zero-order chi connectivity index (χ0) is 30.9. The molecule has 10 heteroatoms. The Morgan fingerprint density at radius 3 is 1.71 bits per heavy atom. The fourth-order valence-corrected chi connectivity index (χ4v) is 4.07. The van der Waals surface area contributed by atoms with Crippen molar-refractivity contribution in [3.05, 3.63) is 92.0 Å². The first-order valence-electron chi connectivity index (χ1n) is 14.1. The summed E-state index contributed by atoms with van der Waals surface area (Å²) in [7, 11) is 0. The van der Waals surface area contributed by atoms with Gasteiger partial charge in [0.05, 0.1) is 40.5 Å². The van der Waals surface area contributed by atoms with Crippen molar-refractivity contribution in [3.8, 4) is 11.5 Å². The molecule has 0 radical (unpaired) electrons. The van der Waals surface area contributed by atoms with E-state index in [0.29, 0.717) is 13.0 Å². The molecule has 0 atom stereocenters. The third kappa shape index (κ3) is 9.64. The van der Waals surface area contributed by atoms with Gasteiger partial charge in [0.25, 0.3) is 5.69 Å². The van der Waals surface area contributed by atoms with Gasteiger partial charge in [-0.15, -0.1) is 0 Å². The highest BCUT2D eigenvalue weighted by atomic mass is 16.6. The van der Waals surface area contributed by atoms with Crippen LogP contribution in [0.5, 0.6) is 11.5 Å². The molecule has 0 heterocycles. The number of unbranched alkanes of at least 4 members (excludes halogenated alkanes) is 3. The van der Waals surface area contributed by atoms with E-state index in [-0.39, 0.29) is 28.9 Å². The lowest BCUT2D eigenvalue weighted by Gasteiger charge is -2.25. The summed E-state index contributed by atoms with van der Waals surface area (Å²) in [4.78, 5) is 20.7. The Hall–Kier alpha value is -4.34. The molecule has 0 aromatic heterocycles. The van der Waals surface area contributed by atoms with E-state index in [9.17, 15) is 20.2 Å². The maximum absolute atomic E-state index is 11.2. The first-order valence-corrected chi connectivity index (χ1v) is 14.1. The molecule has 0 saturated heterocycles. The molecule has 0 unspecified atom stereocenters. The first-order chi connectivity index (χ1) is 19.7. The van der Waals surface area contributed by atoms with Crippen molar-refractivity contribution in [1.82, 2.24) is 0 Å². The summed E-state index contributed by atoms with van der Waals surface area (Å²) in [5.41, 5.74) is 3.31. The van der Waals surface area contributed by atoms with Crippen LogP contribution in [-0.2, 0) is 10.8 Å². The van der Waals surface area contributed by atoms with Crippen LogP contribution in [0.15, 0.2) is 70.9 Å². The molecule has 3 aromatic carbocycles. The van der Waals surface area contributed by atoms with Gasteiger partial charge in [0.2, 0.25) is 0 Å². The van der Waals surface area contributed by atoms with Crippen LogP contribution in [0.3, 0.4) is 0 Å². The maximum atomic E-state index is 11.2. The van der Waals surface area contributed by atoms with Crippen LogP contribution in [0.25, 0.3) is 0 Å². The lowest BCUT2D eigenvalue weighted by Crippen LogP contribution is -2.16. The fourth-order valence-electron chi connectivity index (χ4n) is 4.07. The molecule has 0 bridgehead atoms. The third-order valence-corrected chi connectivity index (χ3v) is 6.68. The summed E-state index contributed by atoms with van der Waals surface area (Å²) in [5, 5.41) is 31.0. The maximum Gasteiger partial charge on any atom is 0.317 e. The fraction of sp³-hybridized carbons (Fsp3) is 0.438. The number of nitrogens with zero attached hydrogens (tertiary/aromatic N) is 4. The molecule has 0 fully saturated rings. The van der Waals surface area contributed by atoms with E-state index >= 15 is 0 Å². The van der Waals surface area contributed by atoms with Gasteiger partial charge in [-0.25, -0.2) is 0 Å². The average molecular weight is 577 g/mol. The molecule has 0 spiro atoms. The van der Waals surface area contributed by atoms with E-state index in [2.05, 4.69) is 70.0 Å². The number of nitro benzene ring substituents is 2. The molecular weight excluding hydrogens is 536 g/mol. The van der Waals surface area contributed by atoms with Crippen molar-refractivity contribution >= 4 is 22.7 Å². The SMILES string of the molecule is CC(C)(C)c1cc(N=Nc2ccc(OCCCCCCOc3ccc([N+](=O)[O-])cc3[N+](=O)[O-])cc2)cc(C(C)(C)C)c1. The van der Waals surface area contributed by atoms with Crippen LogP contribution in [0.2, 0.25) is 0 Å². The predicted octanol–water partition coefficient (Wildman–Crippen LogP) is 9.53. The average Bonchev–Trinajstić information content (AvgIpc) is 2.92. The smallest absolute Gasteiger partial charge is 0.317 e. The van der Waals surface area contributed by atoms with Gasteiger partial charge < -0.3 is 9.47 Å². The van der Waals surface area contributed by atoms with Crippen molar-refractivity contribution in [2.75, 3.05) is 13.2 Å². The lowest BCUT2D eigenvalue weighted by atomic mass is 9.80. The number of nitro groups is 2. The molecule has 0 saturated carbocycles. The van der Waals surface area contributed by atoms with E-state index in [1.165, 1.54) is 23.3 Å². The second kappa shape index (κ2) is 14.0. The van der Waals surface area contributed by atoms with E-state index < -0.39 is 15.5 Å². The molecule has 10 nitrogen and oxygen atoms in total. The minimum atomic E-state index is -0.677. The summed E-state index contributed by atoms with van der Waals surface area (Å²) in [6.45, 7) is 14.0. The van der Waals surface area contributed by atoms with Gasteiger partial charge in [0.15, 0.2) is 5.75 Å². The minimum absolute atomic E-state index is 0.0107. The second-order valence-corrected chi connectivity index (χ2v) is 12.2. The Balaban J connectivity index is 1.42. The van der Waals surface area contributed by atoms with Crippen LogP contribution >= 0.6 is 0 Å². The normalized spacial score (nSPS) is 12.0. The number of ether oxygens (including phenoxy) is 2. The third-order valence-electron chi connectivity index (χ3n) is 6.68. The number of benzene rings is 3. The van der Waals surface area contributed by atoms with Crippen LogP contribution in [0, 0.1) is 20.2 Å².